The number of hydrogen-bond acceptors (Lipinski definition) is 2. The first-order chi connectivity index (χ1) is 13.1. The van der Waals surface area contributed by atoms with Crippen molar-refractivity contribution in [1.29, 1.82) is 0 Å². The average molecular weight is 386 g/mol. The van der Waals surface area contributed by atoms with Crippen molar-refractivity contribution in [2.75, 3.05) is 26.2 Å². The molecule has 5 nitrogen and oxygen atoms in total. The summed E-state index contributed by atoms with van der Waals surface area (Å²) in [5.41, 5.74) is 1.12. The Morgan fingerprint density at radius 3 is 2.33 bits per heavy atom. The summed E-state index contributed by atoms with van der Waals surface area (Å²) in [7, 11) is 0. The van der Waals surface area contributed by atoms with Crippen LogP contribution in [0.4, 0.5) is 0 Å². The van der Waals surface area contributed by atoms with Crippen molar-refractivity contribution in [3.8, 4) is 0 Å². The van der Waals surface area contributed by atoms with E-state index >= 15 is 0 Å². The number of amides is 2. The van der Waals surface area contributed by atoms with Crippen LogP contribution in [0.15, 0.2) is 42.6 Å². The first-order valence-electron chi connectivity index (χ1n) is 9.54. The van der Waals surface area contributed by atoms with Gasteiger partial charge in [0.15, 0.2) is 0 Å². The zero-order valence-electron chi connectivity index (χ0n) is 15.3. The average Bonchev–Trinajstić information content (AvgIpc) is 3.20. The van der Waals surface area contributed by atoms with Crippen LogP contribution in [-0.4, -0.2) is 52.8 Å². The number of nitrogens with zero attached hydrogens (tertiary/aromatic N) is 2. The standard InChI is InChI=1S/C21H24ClN3O2/c22-17-8-6-16(7-9-17)13-21(20(27)24-11-2-1-3-12-24)14-25(15-21)19(26)18-5-4-10-23-18/h4-10,23H,1-3,11-15H2. The molecule has 2 aromatic rings. The first kappa shape index (κ1) is 18.1. The second-order valence-electron chi connectivity index (χ2n) is 7.68. The molecular formula is C21H24ClN3O2. The van der Waals surface area contributed by atoms with Crippen LogP contribution < -0.4 is 0 Å². The highest BCUT2D eigenvalue weighted by Gasteiger charge is 2.52. The monoisotopic (exact) mass is 385 g/mol. The van der Waals surface area contributed by atoms with Gasteiger partial charge in [-0.3, -0.25) is 9.59 Å². The third kappa shape index (κ3) is 3.61. The van der Waals surface area contributed by atoms with Gasteiger partial charge in [-0.1, -0.05) is 23.7 Å². The van der Waals surface area contributed by atoms with E-state index in [-0.39, 0.29) is 11.8 Å². The van der Waals surface area contributed by atoms with E-state index in [1.165, 1.54) is 6.42 Å². The van der Waals surface area contributed by atoms with Gasteiger partial charge in [0.1, 0.15) is 5.69 Å². The first-order valence-corrected chi connectivity index (χ1v) is 9.92. The van der Waals surface area contributed by atoms with E-state index in [0.717, 1.165) is 31.5 Å². The summed E-state index contributed by atoms with van der Waals surface area (Å²) in [6.07, 6.45) is 5.69. The fraction of sp³-hybridized carbons (Fsp3) is 0.429. The molecule has 6 heteroatoms. The SMILES string of the molecule is O=C(c1ccc[nH]1)N1CC(Cc2ccc(Cl)cc2)(C(=O)N2CCCCC2)C1. The van der Waals surface area contributed by atoms with Gasteiger partial charge in [0.2, 0.25) is 5.91 Å². The lowest BCUT2D eigenvalue weighted by molar-refractivity contribution is -0.151. The number of hydrogen-bond donors (Lipinski definition) is 1. The highest BCUT2D eigenvalue weighted by atomic mass is 35.5. The summed E-state index contributed by atoms with van der Waals surface area (Å²) in [4.78, 5) is 32.7. The van der Waals surface area contributed by atoms with E-state index in [1.807, 2.05) is 35.2 Å². The smallest absolute Gasteiger partial charge is 0.270 e. The number of carbonyl (C=O) groups excluding carboxylic acids is 2. The molecule has 4 rings (SSSR count). The second-order valence-corrected chi connectivity index (χ2v) is 8.12. The molecule has 0 atom stereocenters. The molecule has 0 radical (unpaired) electrons. The van der Waals surface area contributed by atoms with E-state index < -0.39 is 5.41 Å². The van der Waals surface area contributed by atoms with Crippen LogP contribution in [0.25, 0.3) is 0 Å². The Balaban J connectivity index is 1.54. The minimum absolute atomic E-state index is 0.0434. The molecule has 2 saturated heterocycles. The molecule has 0 bridgehead atoms. The van der Waals surface area contributed by atoms with Gasteiger partial charge in [0.05, 0.1) is 5.41 Å². The number of piperidine rings is 1. The quantitative estimate of drug-likeness (QED) is 0.877. The van der Waals surface area contributed by atoms with Crippen LogP contribution in [-0.2, 0) is 11.2 Å². The number of halogens is 1. The van der Waals surface area contributed by atoms with E-state index in [9.17, 15) is 9.59 Å². The summed E-state index contributed by atoms with van der Waals surface area (Å²) < 4.78 is 0. The maximum absolute atomic E-state index is 13.4. The third-order valence-electron chi connectivity index (χ3n) is 5.66. The summed E-state index contributed by atoms with van der Waals surface area (Å²) in [5.74, 6) is 0.144. The van der Waals surface area contributed by atoms with Crippen LogP contribution in [0.1, 0.15) is 35.3 Å². The zero-order valence-corrected chi connectivity index (χ0v) is 16.0. The fourth-order valence-corrected chi connectivity index (χ4v) is 4.34. The van der Waals surface area contributed by atoms with Gasteiger partial charge < -0.3 is 14.8 Å². The molecule has 1 aromatic carbocycles. The Morgan fingerprint density at radius 2 is 1.70 bits per heavy atom. The fourth-order valence-electron chi connectivity index (χ4n) is 4.21. The van der Waals surface area contributed by atoms with Gasteiger partial charge in [0, 0.05) is 37.4 Å². The summed E-state index contributed by atoms with van der Waals surface area (Å²) in [6, 6.07) is 11.2. The largest absolute Gasteiger partial charge is 0.357 e. The zero-order chi connectivity index (χ0) is 18.9. The molecular weight excluding hydrogens is 362 g/mol. The molecule has 2 aliphatic rings. The molecule has 2 fully saturated rings. The molecule has 1 N–H and O–H groups in total. The maximum Gasteiger partial charge on any atom is 0.270 e. The van der Waals surface area contributed by atoms with Crippen molar-refractivity contribution in [3.63, 3.8) is 0 Å². The van der Waals surface area contributed by atoms with Crippen LogP contribution in [0.2, 0.25) is 5.02 Å². The van der Waals surface area contributed by atoms with Gasteiger partial charge in [-0.2, -0.15) is 0 Å². The van der Waals surface area contributed by atoms with Crippen LogP contribution in [0.5, 0.6) is 0 Å². The van der Waals surface area contributed by atoms with E-state index in [2.05, 4.69) is 4.98 Å². The summed E-state index contributed by atoms with van der Waals surface area (Å²) in [5, 5.41) is 0.687. The number of nitrogens with one attached hydrogen (secondary N) is 1. The predicted octanol–water partition coefficient (Wildman–Crippen LogP) is 3.37. The molecule has 2 amide bonds. The van der Waals surface area contributed by atoms with E-state index in [0.29, 0.717) is 30.2 Å². The van der Waals surface area contributed by atoms with Gasteiger partial charge in [-0.25, -0.2) is 0 Å². The molecule has 0 unspecified atom stereocenters. The number of carbonyl (C=O) groups is 2. The van der Waals surface area contributed by atoms with Crippen molar-refractivity contribution >= 4 is 23.4 Å². The third-order valence-corrected chi connectivity index (χ3v) is 5.91. The summed E-state index contributed by atoms with van der Waals surface area (Å²) >= 11 is 6.01. The van der Waals surface area contributed by atoms with E-state index in [1.54, 1.807) is 17.2 Å². The molecule has 2 aliphatic heterocycles. The Hall–Kier alpha value is -2.27. The Kier molecular flexibility index (Phi) is 4.96. The Morgan fingerprint density at radius 1 is 1.00 bits per heavy atom. The van der Waals surface area contributed by atoms with Gasteiger partial charge in [-0.15, -0.1) is 0 Å². The second kappa shape index (κ2) is 7.39. The Labute approximate surface area is 164 Å². The minimum atomic E-state index is -0.534. The number of rotatable bonds is 4. The maximum atomic E-state index is 13.4. The molecule has 0 aliphatic carbocycles. The van der Waals surface area contributed by atoms with Crippen molar-refractivity contribution in [1.82, 2.24) is 14.8 Å². The molecule has 1 aromatic heterocycles. The van der Waals surface area contributed by atoms with Crippen LogP contribution >= 0.6 is 11.6 Å². The van der Waals surface area contributed by atoms with Crippen molar-refractivity contribution in [3.05, 3.63) is 58.9 Å². The molecule has 142 valence electrons. The molecule has 27 heavy (non-hydrogen) atoms. The minimum Gasteiger partial charge on any atom is -0.357 e. The molecule has 3 heterocycles. The van der Waals surface area contributed by atoms with Gasteiger partial charge >= 0.3 is 0 Å². The van der Waals surface area contributed by atoms with Gasteiger partial charge in [0.25, 0.3) is 5.91 Å². The van der Waals surface area contributed by atoms with Crippen molar-refractivity contribution in [2.24, 2.45) is 5.41 Å². The number of H-pyrrole nitrogens is 1. The lowest BCUT2D eigenvalue weighted by Crippen LogP contribution is -2.66. The topological polar surface area (TPSA) is 56.4 Å². The number of aromatic amines is 1. The van der Waals surface area contributed by atoms with Gasteiger partial charge in [-0.05, 0) is 55.5 Å². The van der Waals surface area contributed by atoms with Crippen LogP contribution in [0, 0.1) is 5.41 Å². The Bertz CT molecular complexity index is 804. The highest BCUT2D eigenvalue weighted by Crippen LogP contribution is 2.38. The predicted molar refractivity (Wildman–Crippen MR) is 105 cm³/mol. The molecule has 0 saturated carbocycles. The number of aromatic nitrogens is 1. The highest BCUT2D eigenvalue weighted by molar-refractivity contribution is 6.30. The molecule has 0 spiro atoms. The van der Waals surface area contributed by atoms with E-state index in [4.69, 9.17) is 11.6 Å². The van der Waals surface area contributed by atoms with Crippen molar-refractivity contribution < 1.29 is 9.59 Å². The normalized spacial score (nSPS) is 18.9. The lowest BCUT2D eigenvalue weighted by Gasteiger charge is -2.51. The number of benzene rings is 1. The number of likely N-dealkylation sites (tertiary alicyclic amines) is 2. The van der Waals surface area contributed by atoms with Crippen LogP contribution in [0.3, 0.4) is 0 Å². The lowest BCUT2D eigenvalue weighted by atomic mass is 9.73. The summed E-state index contributed by atoms with van der Waals surface area (Å²) in [6.45, 7) is 2.57. The van der Waals surface area contributed by atoms with Crippen molar-refractivity contribution in [2.45, 2.75) is 25.7 Å².